The number of hydrogen-bond donors (Lipinski definition) is 0. The number of amides is 1. The van der Waals surface area contributed by atoms with Crippen molar-refractivity contribution in [1.82, 2.24) is 9.21 Å². The molecule has 3 rings (SSSR count). The third-order valence-corrected chi connectivity index (χ3v) is 6.70. The maximum atomic E-state index is 13.0. The van der Waals surface area contributed by atoms with Crippen molar-refractivity contribution in [3.63, 3.8) is 0 Å². The minimum Gasteiger partial charge on any atom is -0.379 e. The summed E-state index contributed by atoms with van der Waals surface area (Å²) >= 11 is 0. The highest BCUT2D eigenvalue weighted by Gasteiger charge is 2.50. The SMILES string of the molecule is CS(=O)(=O)N1CCOCC2(CCN(C(=O)C3CC(F)(F)C3)CC2)C1. The van der Waals surface area contributed by atoms with E-state index in [1.54, 1.807) is 4.90 Å². The number of carbonyl (C=O) groups excluding carboxylic acids is 1. The number of rotatable bonds is 2. The fraction of sp³-hybridized carbons (Fsp3) is 0.933. The summed E-state index contributed by atoms with van der Waals surface area (Å²) in [6, 6.07) is 0. The van der Waals surface area contributed by atoms with E-state index in [0.717, 1.165) is 0 Å². The molecule has 6 nitrogen and oxygen atoms in total. The Labute approximate surface area is 141 Å². The lowest BCUT2D eigenvalue weighted by Gasteiger charge is -2.44. The van der Waals surface area contributed by atoms with E-state index in [9.17, 15) is 22.0 Å². The standard InChI is InChI=1S/C15H24F2N2O4S/c1-24(21,22)19-6-7-23-11-14(10-19)2-4-18(5-3-14)13(20)12-8-15(16,17)9-12/h12H,2-11H2,1H3. The Kier molecular flexibility index (Phi) is 4.63. The van der Waals surface area contributed by atoms with Crippen LogP contribution >= 0.6 is 0 Å². The van der Waals surface area contributed by atoms with Crippen LogP contribution in [0.4, 0.5) is 8.78 Å². The van der Waals surface area contributed by atoms with Gasteiger partial charge in [0.1, 0.15) is 0 Å². The lowest BCUT2D eigenvalue weighted by Crippen LogP contribution is -2.53. The Morgan fingerprint density at radius 3 is 2.33 bits per heavy atom. The van der Waals surface area contributed by atoms with Gasteiger partial charge in [0, 0.05) is 50.4 Å². The van der Waals surface area contributed by atoms with Crippen molar-refractivity contribution in [2.75, 3.05) is 45.6 Å². The van der Waals surface area contributed by atoms with Crippen molar-refractivity contribution in [1.29, 1.82) is 0 Å². The van der Waals surface area contributed by atoms with Gasteiger partial charge in [-0.15, -0.1) is 0 Å². The van der Waals surface area contributed by atoms with E-state index in [-0.39, 0.29) is 24.2 Å². The number of halogens is 2. The third kappa shape index (κ3) is 3.72. The van der Waals surface area contributed by atoms with E-state index in [4.69, 9.17) is 4.74 Å². The zero-order valence-corrected chi connectivity index (χ0v) is 14.7. The molecule has 3 fully saturated rings. The smallest absolute Gasteiger partial charge is 0.249 e. The molecule has 0 aromatic heterocycles. The van der Waals surface area contributed by atoms with Crippen molar-refractivity contribution in [3.05, 3.63) is 0 Å². The lowest BCUT2D eigenvalue weighted by molar-refractivity contribution is -0.162. The molecule has 0 N–H and O–H groups in total. The highest BCUT2D eigenvalue weighted by Crippen LogP contribution is 2.44. The highest BCUT2D eigenvalue weighted by molar-refractivity contribution is 7.88. The normalized spacial score (nSPS) is 28.4. The van der Waals surface area contributed by atoms with Gasteiger partial charge >= 0.3 is 0 Å². The first-order chi connectivity index (χ1) is 11.1. The number of piperidine rings is 1. The molecule has 1 saturated carbocycles. The molecular formula is C15H24F2N2O4S. The maximum Gasteiger partial charge on any atom is 0.249 e. The average molecular weight is 366 g/mol. The van der Waals surface area contributed by atoms with Crippen LogP contribution in [0.25, 0.3) is 0 Å². The number of likely N-dealkylation sites (tertiary alicyclic amines) is 1. The monoisotopic (exact) mass is 366 g/mol. The van der Waals surface area contributed by atoms with E-state index < -0.39 is 21.9 Å². The molecule has 1 spiro atoms. The average Bonchev–Trinajstić information content (AvgIpc) is 2.67. The van der Waals surface area contributed by atoms with Gasteiger partial charge in [-0.05, 0) is 12.8 Å². The van der Waals surface area contributed by atoms with Gasteiger partial charge in [-0.2, -0.15) is 4.31 Å². The van der Waals surface area contributed by atoms with Crippen LogP contribution in [0.3, 0.4) is 0 Å². The van der Waals surface area contributed by atoms with Gasteiger partial charge in [0.05, 0.1) is 19.5 Å². The molecule has 0 radical (unpaired) electrons. The molecule has 9 heteroatoms. The van der Waals surface area contributed by atoms with E-state index in [0.29, 0.717) is 52.2 Å². The highest BCUT2D eigenvalue weighted by atomic mass is 32.2. The quantitative estimate of drug-likeness (QED) is 0.729. The number of carbonyl (C=O) groups is 1. The molecule has 3 aliphatic rings. The summed E-state index contributed by atoms with van der Waals surface area (Å²) in [7, 11) is -3.29. The molecule has 2 heterocycles. The number of sulfonamides is 1. The summed E-state index contributed by atoms with van der Waals surface area (Å²) in [4.78, 5) is 13.9. The predicted molar refractivity (Wildman–Crippen MR) is 83.2 cm³/mol. The summed E-state index contributed by atoms with van der Waals surface area (Å²) in [6.07, 6.45) is 1.76. The molecule has 2 aliphatic heterocycles. The van der Waals surface area contributed by atoms with Crippen LogP contribution in [0, 0.1) is 11.3 Å². The number of alkyl halides is 2. The Balaban J connectivity index is 1.60. The Morgan fingerprint density at radius 1 is 1.17 bits per heavy atom. The second-order valence-electron chi connectivity index (χ2n) is 7.44. The van der Waals surface area contributed by atoms with Crippen molar-refractivity contribution in [2.24, 2.45) is 11.3 Å². The van der Waals surface area contributed by atoms with Crippen LogP contribution in [-0.2, 0) is 19.6 Å². The molecule has 24 heavy (non-hydrogen) atoms. The van der Waals surface area contributed by atoms with E-state index >= 15 is 0 Å². The largest absolute Gasteiger partial charge is 0.379 e. The maximum absolute atomic E-state index is 13.0. The first-order valence-corrected chi connectivity index (χ1v) is 10.1. The third-order valence-electron chi connectivity index (χ3n) is 5.45. The van der Waals surface area contributed by atoms with Gasteiger partial charge in [-0.1, -0.05) is 0 Å². The molecular weight excluding hydrogens is 342 g/mol. The lowest BCUT2D eigenvalue weighted by atomic mass is 9.77. The summed E-state index contributed by atoms with van der Waals surface area (Å²) in [6.45, 7) is 2.54. The minimum atomic E-state index is -3.29. The first kappa shape index (κ1) is 18.0. The van der Waals surface area contributed by atoms with Crippen molar-refractivity contribution in [2.45, 2.75) is 31.6 Å². The topological polar surface area (TPSA) is 66.9 Å². The Bertz CT molecular complexity index is 595. The molecule has 1 amide bonds. The second-order valence-corrected chi connectivity index (χ2v) is 9.42. The van der Waals surface area contributed by atoms with Crippen molar-refractivity contribution < 1.29 is 26.7 Å². The molecule has 0 unspecified atom stereocenters. The van der Waals surface area contributed by atoms with Gasteiger partial charge in [-0.3, -0.25) is 4.79 Å². The van der Waals surface area contributed by atoms with Gasteiger partial charge in [0.25, 0.3) is 0 Å². The predicted octanol–water partition coefficient (Wildman–Crippen LogP) is 0.932. The van der Waals surface area contributed by atoms with Gasteiger partial charge in [0.2, 0.25) is 21.9 Å². The molecule has 0 atom stereocenters. The van der Waals surface area contributed by atoms with Crippen LogP contribution in [0.2, 0.25) is 0 Å². The molecule has 138 valence electrons. The molecule has 0 aromatic carbocycles. The summed E-state index contributed by atoms with van der Waals surface area (Å²) in [5.74, 6) is -3.44. The van der Waals surface area contributed by atoms with Crippen LogP contribution in [0.5, 0.6) is 0 Å². The summed E-state index contributed by atoms with van der Waals surface area (Å²) in [5.41, 5.74) is -0.292. The fourth-order valence-corrected chi connectivity index (χ4v) is 4.75. The van der Waals surface area contributed by atoms with Crippen LogP contribution < -0.4 is 0 Å². The van der Waals surface area contributed by atoms with Crippen molar-refractivity contribution >= 4 is 15.9 Å². The number of nitrogens with zero attached hydrogens (tertiary/aromatic N) is 2. The van der Waals surface area contributed by atoms with E-state index in [1.165, 1.54) is 10.6 Å². The van der Waals surface area contributed by atoms with Crippen LogP contribution in [0.15, 0.2) is 0 Å². The summed E-state index contributed by atoms with van der Waals surface area (Å²) in [5, 5.41) is 0. The first-order valence-electron chi connectivity index (χ1n) is 8.30. The van der Waals surface area contributed by atoms with Gasteiger partial charge < -0.3 is 9.64 Å². The zero-order valence-electron chi connectivity index (χ0n) is 13.8. The van der Waals surface area contributed by atoms with Gasteiger partial charge in [0.15, 0.2) is 0 Å². The van der Waals surface area contributed by atoms with E-state index in [2.05, 4.69) is 0 Å². The van der Waals surface area contributed by atoms with Crippen molar-refractivity contribution in [3.8, 4) is 0 Å². The van der Waals surface area contributed by atoms with Gasteiger partial charge in [-0.25, -0.2) is 17.2 Å². The van der Waals surface area contributed by atoms with Crippen LogP contribution in [0.1, 0.15) is 25.7 Å². The summed E-state index contributed by atoms with van der Waals surface area (Å²) < 4.78 is 56.7. The number of hydrogen-bond acceptors (Lipinski definition) is 4. The Morgan fingerprint density at radius 2 is 1.79 bits per heavy atom. The minimum absolute atomic E-state index is 0.190. The van der Waals surface area contributed by atoms with Crippen LogP contribution in [-0.4, -0.2) is 75.1 Å². The molecule has 2 saturated heterocycles. The number of ether oxygens (including phenoxy) is 1. The molecule has 0 bridgehead atoms. The second kappa shape index (κ2) is 6.17. The zero-order chi connectivity index (χ0) is 17.6. The fourth-order valence-electron chi connectivity index (χ4n) is 3.83. The Hall–Kier alpha value is -0.800. The van der Waals surface area contributed by atoms with E-state index in [1.807, 2.05) is 0 Å². The molecule has 1 aliphatic carbocycles. The molecule has 0 aromatic rings.